The lowest BCUT2D eigenvalue weighted by Gasteiger charge is -2.13. The number of nitrogens with one attached hydrogen (secondary N) is 2. The Morgan fingerprint density at radius 1 is 0.960 bits per heavy atom. The number of carbonyl (C=O) groups is 1. The van der Waals surface area contributed by atoms with Crippen molar-refractivity contribution >= 4 is 11.7 Å². The van der Waals surface area contributed by atoms with Crippen LogP contribution in [0.25, 0.3) is 0 Å². The van der Waals surface area contributed by atoms with Gasteiger partial charge in [0.05, 0.1) is 6.54 Å². The summed E-state index contributed by atoms with van der Waals surface area (Å²) in [5.41, 5.74) is 4.30. The van der Waals surface area contributed by atoms with Gasteiger partial charge in [-0.2, -0.15) is 0 Å². The molecular formula is C21H23N3O. The van der Waals surface area contributed by atoms with Crippen LogP contribution in [0.1, 0.15) is 23.7 Å². The molecule has 2 aromatic carbocycles. The van der Waals surface area contributed by atoms with Crippen molar-refractivity contribution in [2.24, 2.45) is 0 Å². The van der Waals surface area contributed by atoms with Gasteiger partial charge in [0.25, 0.3) is 0 Å². The highest BCUT2D eigenvalue weighted by Gasteiger charge is 2.07. The predicted octanol–water partition coefficient (Wildman–Crippen LogP) is 4.42. The van der Waals surface area contributed by atoms with E-state index >= 15 is 0 Å². The summed E-state index contributed by atoms with van der Waals surface area (Å²) in [6.07, 6.45) is 2.92. The van der Waals surface area contributed by atoms with Crippen LogP contribution >= 0.6 is 0 Å². The Labute approximate surface area is 148 Å². The highest BCUT2D eigenvalue weighted by Crippen LogP contribution is 2.15. The predicted molar refractivity (Wildman–Crippen MR) is 102 cm³/mol. The van der Waals surface area contributed by atoms with Crippen LogP contribution in [0.4, 0.5) is 10.5 Å². The van der Waals surface area contributed by atoms with Crippen molar-refractivity contribution in [1.29, 1.82) is 0 Å². The lowest BCUT2D eigenvalue weighted by Crippen LogP contribution is -2.29. The highest BCUT2D eigenvalue weighted by atomic mass is 16.2. The first kappa shape index (κ1) is 16.8. The van der Waals surface area contributed by atoms with Gasteiger partial charge >= 0.3 is 6.03 Å². The lowest BCUT2D eigenvalue weighted by molar-refractivity contribution is 0.251. The molecule has 0 saturated carbocycles. The molecular weight excluding hydrogens is 310 g/mol. The van der Waals surface area contributed by atoms with E-state index in [1.807, 2.05) is 60.8 Å². The Hall–Kier alpha value is -3.01. The van der Waals surface area contributed by atoms with Crippen LogP contribution in [0.5, 0.6) is 0 Å². The molecule has 0 fully saturated rings. The molecule has 128 valence electrons. The normalized spacial score (nSPS) is 10.4. The number of urea groups is 1. The summed E-state index contributed by atoms with van der Waals surface area (Å²) in [5, 5.41) is 5.87. The smallest absolute Gasteiger partial charge is 0.319 e. The second-order valence-electron chi connectivity index (χ2n) is 5.93. The molecule has 2 N–H and O–H groups in total. The van der Waals surface area contributed by atoms with Gasteiger partial charge in [-0.1, -0.05) is 55.5 Å². The summed E-state index contributed by atoms with van der Waals surface area (Å²) in [6, 6.07) is 22.0. The van der Waals surface area contributed by atoms with Crippen molar-refractivity contribution < 1.29 is 4.79 Å². The van der Waals surface area contributed by atoms with Gasteiger partial charge in [-0.25, -0.2) is 4.79 Å². The summed E-state index contributed by atoms with van der Waals surface area (Å²) >= 11 is 0. The second-order valence-corrected chi connectivity index (χ2v) is 5.93. The van der Waals surface area contributed by atoms with E-state index in [9.17, 15) is 4.79 Å². The van der Waals surface area contributed by atoms with Crippen molar-refractivity contribution in [3.63, 3.8) is 0 Å². The Kier molecular flexibility index (Phi) is 5.52. The van der Waals surface area contributed by atoms with Crippen molar-refractivity contribution in [3.8, 4) is 0 Å². The summed E-state index contributed by atoms with van der Waals surface area (Å²) in [6.45, 7) is 3.36. The number of para-hydroxylation sites is 1. The minimum atomic E-state index is -0.187. The number of hydrogen-bond donors (Lipinski definition) is 2. The number of amides is 2. The number of rotatable bonds is 6. The zero-order valence-electron chi connectivity index (χ0n) is 14.4. The third kappa shape index (κ3) is 4.51. The van der Waals surface area contributed by atoms with Gasteiger partial charge in [0, 0.05) is 24.1 Å². The van der Waals surface area contributed by atoms with E-state index in [4.69, 9.17) is 0 Å². The fourth-order valence-corrected chi connectivity index (χ4v) is 2.83. The van der Waals surface area contributed by atoms with Crippen LogP contribution in [0, 0.1) is 0 Å². The summed E-state index contributed by atoms with van der Waals surface area (Å²) in [4.78, 5) is 12.2. The first-order valence-corrected chi connectivity index (χ1v) is 8.57. The zero-order valence-corrected chi connectivity index (χ0v) is 14.4. The van der Waals surface area contributed by atoms with E-state index in [2.05, 4.69) is 34.3 Å². The largest absolute Gasteiger partial charge is 0.345 e. The van der Waals surface area contributed by atoms with Gasteiger partial charge in [-0.3, -0.25) is 0 Å². The van der Waals surface area contributed by atoms with Gasteiger partial charge < -0.3 is 15.2 Å². The third-order valence-electron chi connectivity index (χ3n) is 4.20. The van der Waals surface area contributed by atoms with E-state index in [0.29, 0.717) is 6.54 Å². The van der Waals surface area contributed by atoms with Crippen LogP contribution < -0.4 is 10.6 Å². The zero-order chi connectivity index (χ0) is 17.5. The Bertz CT molecular complexity index is 824. The van der Waals surface area contributed by atoms with Gasteiger partial charge in [0.15, 0.2) is 0 Å². The summed E-state index contributed by atoms with van der Waals surface area (Å²) in [5.74, 6) is 0. The molecule has 25 heavy (non-hydrogen) atoms. The fraction of sp³-hybridized carbons (Fsp3) is 0.190. The Morgan fingerprint density at radius 2 is 1.72 bits per heavy atom. The molecule has 3 rings (SSSR count). The van der Waals surface area contributed by atoms with Crippen LogP contribution in [0.3, 0.4) is 0 Å². The maximum atomic E-state index is 12.2. The number of carbonyl (C=O) groups excluding carboxylic acids is 1. The average molecular weight is 333 g/mol. The monoisotopic (exact) mass is 333 g/mol. The van der Waals surface area contributed by atoms with Crippen molar-refractivity contribution in [1.82, 2.24) is 9.88 Å². The molecule has 4 heteroatoms. The molecule has 0 radical (unpaired) electrons. The SMILES string of the molecule is CCc1ccccc1NC(=O)NCc1cccn1Cc1ccccc1. The first-order valence-electron chi connectivity index (χ1n) is 8.57. The van der Waals surface area contributed by atoms with Gasteiger partial charge in [-0.15, -0.1) is 0 Å². The Balaban J connectivity index is 1.59. The van der Waals surface area contributed by atoms with Crippen molar-refractivity contribution in [2.75, 3.05) is 5.32 Å². The molecule has 0 saturated heterocycles. The molecule has 0 spiro atoms. The van der Waals surface area contributed by atoms with Gasteiger partial charge in [0.2, 0.25) is 0 Å². The molecule has 2 amide bonds. The maximum absolute atomic E-state index is 12.2. The van der Waals surface area contributed by atoms with Crippen LogP contribution in [-0.4, -0.2) is 10.6 Å². The molecule has 0 aliphatic rings. The minimum absolute atomic E-state index is 0.187. The molecule has 0 atom stereocenters. The number of benzene rings is 2. The fourth-order valence-electron chi connectivity index (χ4n) is 2.83. The van der Waals surface area contributed by atoms with E-state index < -0.39 is 0 Å². The number of anilines is 1. The number of aryl methyl sites for hydroxylation is 1. The first-order chi connectivity index (χ1) is 12.3. The molecule has 4 nitrogen and oxygen atoms in total. The number of nitrogens with zero attached hydrogens (tertiary/aromatic N) is 1. The number of aromatic nitrogens is 1. The Morgan fingerprint density at radius 3 is 2.52 bits per heavy atom. The standard InChI is InChI=1S/C21H23N3O/c1-2-18-11-6-7-13-20(18)23-21(25)22-15-19-12-8-14-24(19)16-17-9-4-3-5-10-17/h3-14H,2,15-16H2,1H3,(H2,22,23,25). The van der Waals surface area contributed by atoms with E-state index in [1.165, 1.54) is 5.56 Å². The van der Waals surface area contributed by atoms with Crippen LogP contribution in [0.2, 0.25) is 0 Å². The molecule has 1 heterocycles. The molecule has 1 aromatic heterocycles. The van der Waals surface area contributed by atoms with Crippen LogP contribution in [-0.2, 0) is 19.5 Å². The quantitative estimate of drug-likeness (QED) is 0.689. The van der Waals surface area contributed by atoms with E-state index in [1.54, 1.807) is 0 Å². The molecule has 0 aliphatic carbocycles. The van der Waals surface area contributed by atoms with Gasteiger partial charge in [-0.05, 0) is 35.7 Å². The molecule has 0 bridgehead atoms. The number of hydrogen-bond acceptors (Lipinski definition) is 1. The molecule has 3 aromatic rings. The second kappa shape index (κ2) is 8.20. The lowest BCUT2D eigenvalue weighted by atomic mass is 10.1. The van der Waals surface area contributed by atoms with Crippen molar-refractivity contribution in [3.05, 3.63) is 89.7 Å². The van der Waals surface area contributed by atoms with Crippen molar-refractivity contribution in [2.45, 2.75) is 26.4 Å². The molecule has 0 unspecified atom stereocenters. The summed E-state index contributed by atoms with van der Waals surface area (Å²) < 4.78 is 2.15. The van der Waals surface area contributed by atoms with E-state index in [0.717, 1.165) is 29.9 Å². The van der Waals surface area contributed by atoms with Gasteiger partial charge in [0.1, 0.15) is 0 Å². The highest BCUT2D eigenvalue weighted by molar-refractivity contribution is 5.90. The average Bonchev–Trinajstić information content (AvgIpc) is 3.08. The van der Waals surface area contributed by atoms with Crippen LogP contribution in [0.15, 0.2) is 72.9 Å². The van der Waals surface area contributed by atoms with E-state index in [-0.39, 0.29) is 6.03 Å². The minimum Gasteiger partial charge on any atom is -0.345 e. The summed E-state index contributed by atoms with van der Waals surface area (Å²) in [7, 11) is 0. The molecule has 0 aliphatic heterocycles. The maximum Gasteiger partial charge on any atom is 0.319 e. The third-order valence-corrected chi connectivity index (χ3v) is 4.20. The topological polar surface area (TPSA) is 46.1 Å².